The molecule has 0 saturated carbocycles. The van der Waals surface area contributed by atoms with Gasteiger partial charge in [-0.1, -0.05) is 164 Å². The Bertz CT molecular complexity index is 3140. The van der Waals surface area contributed by atoms with E-state index in [-0.39, 0.29) is 0 Å². The van der Waals surface area contributed by atoms with Gasteiger partial charge in [0.2, 0.25) is 0 Å². The average Bonchev–Trinajstić information content (AvgIpc) is 3.83. The molecule has 2 heterocycles. The maximum absolute atomic E-state index is 6.61. The molecule has 0 amide bonds. The van der Waals surface area contributed by atoms with Crippen molar-refractivity contribution in [2.45, 2.75) is 0 Å². The van der Waals surface area contributed by atoms with E-state index >= 15 is 0 Å². The molecule has 0 N–H and O–H groups in total. The number of nitrogens with zero attached hydrogens (tertiary/aromatic N) is 2. The number of benzene rings is 9. The van der Waals surface area contributed by atoms with Crippen molar-refractivity contribution in [3.63, 3.8) is 0 Å². The van der Waals surface area contributed by atoms with Gasteiger partial charge in [-0.2, -0.15) is 0 Å². The van der Waals surface area contributed by atoms with Crippen LogP contribution in [0.25, 0.3) is 82.8 Å². The molecule has 0 bridgehead atoms. The van der Waals surface area contributed by atoms with Gasteiger partial charge in [0.25, 0.3) is 0 Å². The van der Waals surface area contributed by atoms with Crippen LogP contribution in [0.3, 0.4) is 0 Å². The fourth-order valence-corrected chi connectivity index (χ4v) is 8.54. The predicted molar refractivity (Wildman–Crippen MR) is 239 cm³/mol. The van der Waals surface area contributed by atoms with Crippen molar-refractivity contribution in [2.75, 3.05) is 4.90 Å². The van der Waals surface area contributed by atoms with E-state index in [2.05, 4.69) is 216 Å². The molecular weight excluding hydrogens is 693 g/mol. The van der Waals surface area contributed by atoms with E-state index in [4.69, 9.17) is 4.42 Å². The van der Waals surface area contributed by atoms with Crippen LogP contribution in [0.2, 0.25) is 0 Å². The fraction of sp³-hybridized carbons (Fsp3) is 0. The quantitative estimate of drug-likeness (QED) is 0.163. The first kappa shape index (κ1) is 32.8. The van der Waals surface area contributed by atoms with E-state index in [0.29, 0.717) is 0 Å². The lowest BCUT2D eigenvalue weighted by molar-refractivity contribution is 0.669. The Morgan fingerprint density at radius 1 is 0.351 bits per heavy atom. The van der Waals surface area contributed by atoms with Crippen molar-refractivity contribution in [3.8, 4) is 39.1 Å². The standard InChI is InChI=1S/C54H36N2O/c1-4-16-37(17-5-1)39-30-32-45-46-33-31-40(38-18-6-2-7-19-38)36-52(46)56(51(45)35-39)49-27-12-10-24-44(49)41-20-14-23-43(34-41)55(42-21-8-3-9-22-42)50-28-15-26-48-47-25-11-13-29-53(47)57-54(48)50/h1-36H. The Morgan fingerprint density at radius 3 is 1.60 bits per heavy atom. The molecule has 0 saturated heterocycles. The summed E-state index contributed by atoms with van der Waals surface area (Å²) in [6, 6.07) is 78.1. The maximum Gasteiger partial charge on any atom is 0.159 e. The second-order valence-corrected chi connectivity index (χ2v) is 14.5. The van der Waals surface area contributed by atoms with Crippen molar-refractivity contribution in [3.05, 3.63) is 218 Å². The SMILES string of the molecule is c1ccc(-c2ccc3c4ccc(-c5ccccc5)cc4n(-c4ccccc4-c4cccc(N(c5ccccc5)c5cccc6c5oc5ccccc56)c4)c3c2)cc1. The number of aromatic nitrogens is 1. The molecule has 11 rings (SSSR count). The van der Waals surface area contributed by atoms with Crippen molar-refractivity contribution < 1.29 is 4.42 Å². The lowest BCUT2D eigenvalue weighted by Crippen LogP contribution is -2.10. The van der Waals surface area contributed by atoms with Crippen LogP contribution in [0.1, 0.15) is 0 Å². The smallest absolute Gasteiger partial charge is 0.159 e. The minimum absolute atomic E-state index is 0.863. The lowest BCUT2D eigenvalue weighted by Gasteiger charge is -2.26. The molecule has 0 atom stereocenters. The highest BCUT2D eigenvalue weighted by Crippen LogP contribution is 2.44. The number of furan rings is 1. The average molecular weight is 729 g/mol. The molecule has 0 spiro atoms. The highest BCUT2D eigenvalue weighted by molar-refractivity contribution is 6.12. The zero-order valence-corrected chi connectivity index (χ0v) is 31.1. The summed E-state index contributed by atoms with van der Waals surface area (Å²) in [7, 11) is 0. The second kappa shape index (κ2) is 13.6. The first-order valence-corrected chi connectivity index (χ1v) is 19.4. The zero-order valence-electron chi connectivity index (χ0n) is 31.1. The van der Waals surface area contributed by atoms with Crippen molar-refractivity contribution in [2.24, 2.45) is 0 Å². The monoisotopic (exact) mass is 728 g/mol. The van der Waals surface area contributed by atoms with Crippen molar-refractivity contribution in [1.29, 1.82) is 0 Å². The van der Waals surface area contributed by atoms with Crippen LogP contribution in [0.4, 0.5) is 17.1 Å². The van der Waals surface area contributed by atoms with Crippen LogP contribution >= 0.6 is 0 Å². The fourth-order valence-electron chi connectivity index (χ4n) is 8.54. The van der Waals surface area contributed by atoms with Crippen LogP contribution < -0.4 is 4.90 Å². The number of hydrogen-bond donors (Lipinski definition) is 0. The largest absolute Gasteiger partial charge is 0.454 e. The minimum atomic E-state index is 0.863. The Labute approximate surface area is 330 Å². The molecule has 0 radical (unpaired) electrons. The molecule has 3 nitrogen and oxygen atoms in total. The van der Waals surface area contributed by atoms with E-state index in [9.17, 15) is 0 Å². The third kappa shape index (κ3) is 5.60. The van der Waals surface area contributed by atoms with Crippen molar-refractivity contribution in [1.82, 2.24) is 4.57 Å². The molecule has 11 aromatic rings. The summed E-state index contributed by atoms with van der Waals surface area (Å²) >= 11 is 0. The van der Waals surface area contributed by atoms with Crippen LogP contribution in [-0.2, 0) is 0 Å². The van der Waals surface area contributed by atoms with E-state index < -0.39 is 0 Å². The van der Waals surface area contributed by atoms with Gasteiger partial charge < -0.3 is 13.9 Å². The third-order valence-electron chi connectivity index (χ3n) is 11.2. The summed E-state index contributed by atoms with van der Waals surface area (Å²) in [5, 5.41) is 4.66. The van der Waals surface area contributed by atoms with Gasteiger partial charge in [-0.25, -0.2) is 0 Å². The highest BCUT2D eigenvalue weighted by atomic mass is 16.3. The molecule has 2 aromatic heterocycles. The molecule has 0 aliphatic rings. The molecule has 3 heteroatoms. The summed E-state index contributed by atoms with van der Waals surface area (Å²) in [5.41, 5.74) is 15.3. The van der Waals surface area contributed by atoms with Gasteiger partial charge in [-0.05, 0) is 82.4 Å². The van der Waals surface area contributed by atoms with Crippen LogP contribution in [-0.4, -0.2) is 4.57 Å². The number of fused-ring (bicyclic) bond motifs is 6. The van der Waals surface area contributed by atoms with Gasteiger partial charge in [0.05, 0.1) is 22.4 Å². The molecule has 57 heavy (non-hydrogen) atoms. The molecule has 0 aliphatic heterocycles. The van der Waals surface area contributed by atoms with Gasteiger partial charge in [0, 0.05) is 38.5 Å². The summed E-state index contributed by atoms with van der Waals surface area (Å²) in [5.74, 6) is 0. The normalized spacial score (nSPS) is 11.5. The third-order valence-corrected chi connectivity index (χ3v) is 11.2. The number of anilines is 3. The van der Waals surface area contributed by atoms with Gasteiger partial charge in [0.15, 0.2) is 5.58 Å². The number of rotatable bonds is 7. The molecule has 9 aromatic carbocycles. The molecular formula is C54H36N2O. The molecule has 0 fully saturated rings. The summed E-state index contributed by atoms with van der Waals surface area (Å²) in [6.07, 6.45) is 0. The summed E-state index contributed by atoms with van der Waals surface area (Å²) in [6.45, 7) is 0. The maximum atomic E-state index is 6.61. The molecule has 0 unspecified atom stereocenters. The minimum Gasteiger partial charge on any atom is -0.454 e. The van der Waals surface area contributed by atoms with Gasteiger partial charge in [0.1, 0.15) is 5.58 Å². The first-order chi connectivity index (χ1) is 28.3. The highest BCUT2D eigenvalue weighted by Gasteiger charge is 2.21. The van der Waals surface area contributed by atoms with E-state index in [0.717, 1.165) is 55.8 Å². The van der Waals surface area contributed by atoms with E-state index in [1.165, 1.54) is 44.1 Å². The summed E-state index contributed by atoms with van der Waals surface area (Å²) < 4.78 is 9.08. The Morgan fingerprint density at radius 2 is 0.895 bits per heavy atom. The van der Waals surface area contributed by atoms with E-state index in [1.54, 1.807) is 0 Å². The molecule has 0 aliphatic carbocycles. The Hall–Kier alpha value is -7.62. The van der Waals surface area contributed by atoms with Crippen LogP contribution in [0.5, 0.6) is 0 Å². The summed E-state index contributed by atoms with van der Waals surface area (Å²) in [4.78, 5) is 2.32. The van der Waals surface area contributed by atoms with Gasteiger partial charge >= 0.3 is 0 Å². The number of hydrogen-bond acceptors (Lipinski definition) is 2. The Kier molecular flexibility index (Phi) is 7.82. The predicted octanol–water partition coefficient (Wildman–Crippen LogP) is 15.2. The van der Waals surface area contributed by atoms with Gasteiger partial charge in [-0.15, -0.1) is 0 Å². The topological polar surface area (TPSA) is 21.3 Å². The molecule has 268 valence electrons. The lowest BCUT2D eigenvalue weighted by atomic mass is 10.0. The van der Waals surface area contributed by atoms with Crippen LogP contribution in [0.15, 0.2) is 223 Å². The zero-order chi connectivity index (χ0) is 37.7. The van der Waals surface area contributed by atoms with Crippen LogP contribution in [0, 0.1) is 0 Å². The van der Waals surface area contributed by atoms with Crippen molar-refractivity contribution >= 4 is 60.8 Å². The second-order valence-electron chi connectivity index (χ2n) is 14.5. The van der Waals surface area contributed by atoms with Gasteiger partial charge in [-0.3, -0.25) is 0 Å². The van der Waals surface area contributed by atoms with E-state index in [1.807, 2.05) is 12.1 Å². The number of para-hydroxylation sites is 4. The first-order valence-electron chi connectivity index (χ1n) is 19.4. The Balaban J connectivity index is 1.13.